The lowest BCUT2D eigenvalue weighted by molar-refractivity contribution is 0.569. The molecule has 1 saturated carbocycles. The lowest BCUT2D eigenvalue weighted by atomic mass is 10.3. The van der Waals surface area contributed by atoms with Gasteiger partial charge in [-0.1, -0.05) is 12.8 Å². The van der Waals surface area contributed by atoms with Crippen LogP contribution in [0.4, 0.5) is 0 Å². The van der Waals surface area contributed by atoms with Crippen LogP contribution in [0, 0.1) is 5.92 Å². The third kappa shape index (κ3) is 4.77. The molecule has 2 N–H and O–H groups in total. The van der Waals surface area contributed by atoms with Gasteiger partial charge in [0.25, 0.3) is 0 Å². The largest absolute Gasteiger partial charge is 0.356 e. The van der Waals surface area contributed by atoms with E-state index in [1.807, 2.05) is 30.2 Å². The van der Waals surface area contributed by atoms with E-state index in [9.17, 15) is 0 Å². The zero-order chi connectivity index (χ0) is 12.6. The van der Waals surface area contributed by atoms with E-state index < -0.39 is 0 Å². The molecule has 1 aliphatic rings. The lowest BCUT2D eigenvalue weighted by Gasteiger charge is -2.11. The van der Waals surface area contributed by atoms with Crippen LogP contribution in [0.5, 0.6) is 0 Å². The summed E-state index contributed by atoms with van der Waals surface area (Å²) in [6.07, 6.45) is 8.95. The molecule has 1 heterocycles. The average Bonchev–Trinajstić information content (AvgIpc) is 3.06. The molecular weight excluding hydrogens is 226 g/mol. The van der Waals surface area contributed by atoms with Crippen molar-refractivity contribution in [3.8, 4) is 0 Å². The van der Waals surface area contributed by atoms with E-state index in [0.29, 0.717) is 0 Å². The second kappa shape index (κ2) is 7.03. The van der Waals surface area contributed by atoms with Crippen LogP contribution >= 0.6 is 0 Å². The first-order valence-electron chi connectivity index (χ1n) is 6.80. The smallest absolute Gasteiger partial charge is 0.190 e. The van der Waals surface area contributed by atoms with E-state index in [-0.39, 0.29) is 0 Å². The molecule has 0 aromatic carbocycles. The van der Waals surface area contributed by atoms with Crippen LogP contribution in [0.25, 0.3) is 0 Å². The first-order chi connectivity index (χ1) is 8.88. The molecule has 1 aromatic rings. The van der Waals surface area contributed by atoms with Crippen molar-refractivity contribution in [1.82, 2.24) is 20.4 Å². The maximum absolute atomic E-state index is 4.21. The standard InChI is InChI=1S/C13H23N5/c1-14-13(16-9-6-12-4-5-12)15-7-2-10-18-11-3-8-17-18/h3,8,11-12H,2,4-7,9-10H2,1H3,(H2,14,15,16). The van der Waals surface area contributed by atoms with E-state index in [1.165, 1.54) is 19.3 Å². The average molecular weight is 249 g/mol. The van der Waals surface area contributed by atoms with Gasteiger partial charge in [-0.15, -0.1) is 0 Å². The molecule has 2 rings (SSSR count). The van der Waals surface area contributed by atoms with Crippen molar-refractivity contribution >= 4 is 5.96 Å². The van der Waals surface area contributed by atoms with Crippen LogP contribution in [0.1, 0.15) is 25.7 Å². The summed E-state index contributed by atoms with van der Waals surface area (Å²) in [6.45, 7) is 2.89. The Morgan fingerprint density at radius 2 is 2.22 bits per heavy atom. The summed E-state index contributed by atoms with van der Waals surface area (Å²) in [5.41, 5.74) is 0. The monoisotopic (exact) mass is 249 g/mol. The Kier molecular flexibility index (Phi) is 5.05. The van der Waals surface area contributed by atoms with Gasteiger partial charge >= 0.3 is 0 Å². The molecule has 18 heavy (non-hydrogen) atoms. The molecule has 0 atom stereocenters. The SMILES string of the molecule is CN=C(NCCCn1cccn1)NCCC1CC1. The molecule has 0 aliphatic heterocycles. The molecule has 0 unspecified atom stereocenters. The quantitative estimate of drug-likeness (QED) is 0.434. The van der Waals surface area contributed by atoms with Gasteiger partial charge in [-0.25, -0.2) is 0 Å². The third-order valence-corrected chi connectivity index (χ3v) is 3.18. The van der Waals surface area contributed by atoms with Crippen molar-refractivity contribution in [1.29, 1.82) is 0 Å². The highest BCUT2D eigenvalue weighted by atomic mass is 15.3. The topological polar surface area (TPSA) is 54.2 Å². The molecule has 1 aliphatic carbocycles. The molecule has 1 aromatic heterocycles. The number of aromatic nitrogens is 2. The minimum absolute atomic E-state index is 0.913. The van der Waals surface area contributed by atoms with Gasteiger partial charge < -0.3 is 10.6 Å². The van der Waals surface area contributed by atoms with Crippen LogP contribution in [-0.2, 0) is 6.54 Å². The van der Waals surface area contributed by atoms with Gasteiger partial charge in [0.1, 0.15) is 0 Å². The van der Waals surface area contributed by atoms with E-state index in [2.05, 4.69) is 20.7 Å². The summed E-state index contributed by atoms with van der Waals surface area (Å²) < 4.78 is 1.95. The normalized spacial score (nSPS) is 15.7. The van der Waals surface area contributed by atoms with E-state index >= 15 is 0 Å². The van der Waals surface area contributed by atoms with Gasteiger partial charge in [-0.05, 0) is 24.8 Å². The van der Waals surface area contributed by atoms with Gasteiger partial charge in [-0.3, -0.25) is 9.67 Å². The van der Waals surface area contributed by atoms with Crippen LogP contribution in [-0.4, -0.2) is 35.9 Å². The fourth-order valence-electron chi connectivity index (χ4n) is 1.90. The van der Waals surface area contributed by atoms with Gasteiger partial charge in [0, 0.05) is 39.1 Å². The Morgan fingerprint density at radius 1 is 1.39 bits per heavy atom. The Labute approximate surface area is 109 Å². The van der Waals surface area contributed by atoms with Crippen LogP contribution in [0.2, 0.25) is 0 Å². The Morgan fingerprint density at radius 3 is 2.89 bits per heavy atom. The minimum Gasteiger partial charge on any atom is -0.356 e. The molecule has 0 spiro atoms. The second-order valence-electron chi connectivity index (χ2n) is 4.78. The number of aliphatic imine (C=N–C) groups is 1. The van der Waals surface area contributed by atoms with Crippen molar-refractivity contribution in [2.75, 3.05) is 20.1 Å². The van der Waals surface area contributed by atoms with E-state index in [4.69, 9.17) is 0 Å². The molecular formula is C13H23N5. The molecule has 1 fully saturated rings. The number of hydrogen-bond acceptors (Lipinski definition) is 2. The van der Waals surface area contributed by atoms with Gasteiger partial charge in [0.05, 0.1) is 0 Å². The Bertz CT molecular complexity index is 353. The predicted octanol–water partition coefficient (Wildman–Crippen LogP) is 1.24. The molecule has 5 heteroatoms. The number of guanidine groups is 1. The summed E-state index contributed by atoms with van der Waals surface area (Å²) in [5, 5.41) is 10.8. The van der Waals surface area contributed by atoms with E-state index in [0.717, 1.165) is 37.9 Å². The van der Waals surface area contributed by atoms with Gasteiger partial charge in [0.2, 0.25) is 0 Å². The first kappa shape index (κ1) is 12.9. The maximum atomic E-state index is 4.21. The predicted molar refractivity (Wildman–Crippen MR) is 73.5 cm³/mol. The minimum atomic E-state index is 0.913. The molecule has 0 saturated heterocycles. The number of hydrogen-bond donors (Lipinski definition) is 2. The second-order valence-corrected chi connectivity index (χ2v) is 4.78. The fraction of sp³-hybridized carbons (Fsp3) is 0.692. The lowest BCUT2D eigenvalue weighted by Crippen LogP contribution is -2.38. The third-order valence-electron chi connectivity index (χ3n) is 3.18. The fourth-order valence-corrected chi connectivity index (χ4v) is 1.90. The van der Waals surface area contributed by atoms with Crippen molar-refractivity contribution < 1.29 is 0 Å². The zero-order valence-corrected chi connectivity index (χ0v) is 11.1. The Balaban J connectivity index is 1.52. The molecule has 0 amide bonds. The number of aryl methyl sites for hydroxylation is 1. The summed E-state index contributed by atoms with van der Waals surface area (Å²) >= 11 is 0. The highest BCUT2D eigenvalue weighted by molar-refractivity contribution is 5.79. The summed E-state index contributed by atoms with van der Waals surface area (Å²) in [6, 6.07) is 1.95. The van der Waals surface area contributed by atoms with Crippen molar-refractivity contribution in [2.24, 2.45) is 10.9 Å². The Hall–Kier alpha value is -1.52. The first-order valence-corrected chi connectivity index (χ1v) is 6.80. The number of rotatable bonds is 7. The summed E-state index contributed by atoms with van der Waals surface area (Å²) in [5.74, 6) is 1.88. The number of nitrogens with zero attached hydrogens (tertiary/aromatic N) is 3. The van der Waals surface area contributed by atoms with Crippen LogP contribution < -0.4 is 10.6 Å². The number of nitrogens with one attached hydrogen (secondary N) is 2. The van der Waals surface area contributed by atoms with Crippen molar-refractivity contribution in [3.05, 3.63) is 18.5 Å². The van der Waals surface area contributed by atoms with Gasteiger partial charge in [-0.2, -0.15) is 5.10 Å². The maximum Gasteiger partial charge on any atom is 0.190 e. The van der Waals surface area contributed by atoms with Gasteiger partial charge in [0.15, 0.2) is 5.96 Å². The summed E-state index contributed by atoms with van der Waals surface area (Å²) in [4.78, 5) is 4.21. The van der Waals surface area contributed by atoms with Crippen LogP contribution in [0.3, 0.4) is 0 Å². The molecule has 0 bridgehead atoms. The van der Waals surface area contributed by atoms with Crippen LogP contribution in [0.15, 0.2) is 23.5 Å². The summed E-state index contributed by atoms with van der Waals surface area (Å²) in [7, 11) is 1.82. The molecule has 100 valence electrons. The highest BCUT2D eigenvalue weighted by Gasteiger charge is 2.20. The molecule has 5 nitrogen and oxygen atoms in total. The van der Waals surface area contributed by atoms with E-state index in [1.54, 1.807) is 0 Å². The zero-order valence-electron chi connectivity index (χ0n) is 11.1. The van der Waals surface area contributed by atoms with Crippen molar-refractivity contribution in [3.63, 3.8) is 0 Å². The van der Waals surface area contributed by atoms with Crippen molar-refractivity contribution in [2.45, 2.75) is 32.2 Å². The highest BCUT2D eigenvalue weighted by Crippen LogP contribution is 2.31. The molecule has 0 radical (unpaired) electrons.